The second-order valence-electron chi connectivity index (χ2n) is 9.42. The monoisotopic (exact) mass is 422 g/mol. The van der Waals surface area contributed by atoms with Crippen LogP contribution in [0.4, 0.5) is 5.13 Å². The number of carbonyl (C=O) groups excluding carboxylic acids is 2. The zero-order chi connectivity index (χ0) is 21.2. The summed E-state index contributed by atoms with van der Waals surface area (Å²) >= 11 is 1.46. The first-order chi connectivity index (χ1) is 13.6. The topological polar surface area (TPSA) is 74.8 Å². The summed E-state index contributed by atoms with van der Waals surface area (Å²) in [5.74, 6) is -0.102. The standard InChI is InChI=1S/C21H34N4O3S/c1-14-9-24(10-15(2)28-14)12-17-13-29-20(22-17)23-18(26)16-7-6-8-25(11-16)19(27)21(3,4)5/h13-16H,6-12H2,1-5H3,(H,22,23,26). The van der Waals surface area contributed by atoms with Gasteiger partial charge in [-0.15, -0.1) is 11.3 Å². The first-order valence-corrected chi connectivity index (χ1v) is 11.4. The van der Waals surface area contributed by atoms with Crippen molar-refractivity contribution in [3.8, 4) is 0 Å². The van der Waals surface area contributed by atoms with E-state index in [1.165, 1.54) is 11.3 Å². The predicted molar refractivity (Wildman–Crippen MR) is 115 cm³/mol. The fourth-order valence-corrected chi connectivity index (χ4v) is 4.84. The highest BCUT2D eigenvalue weighted by molar-refractivity contribution is 7.13. The van der Waals surface area contributed by atoms with Crippen LogP contribution in [-0.4, -0.2) is 65.0 Å². The Morgan fingerprint density at radius 1 is 1.24 bits per heavy atom. The van der Waals surface area contributed by atoms with Crippen LogP contribution in [0, 0.1) is 11.3 Å². The number of nitrogens with one attached hydrogen (secondary N) is 1. The van der Waals surface area contributed by atoms with Crippen molar-refractivity contribution in [3.05, 3.63) is 11.1 Å². The largest absolute Gasteiger partial charge is 0.373 e. The molecule has 3 heterocycles. The molecule has 3 unspecified atom stereocenters. The lowest BCUT2D eigenvalue weighted by Crippen LogP contribution is -2.47. The van der Waals surface area contributed by atoms with E-state index >= 15 is 0 Å². The Morgan fingerprint density at radius 3 is 2.59 bits per heavy atom. The number of likely N-dealkylation sites (tertiary alicyclic amines) is 1. The number of thiazole rings is 1. The number of nitrogens with zero attached hydrogens (tertiary/aromatic N) is 3. The molecule has 2 saturated heterocycles. The van der Waals surface area contributed by atoms with E-state index in [1.54, 1.807) is 0 Å². The minimum Gasteiger partial charge on any atom is -0.373 e. The number of anilines is 1. The molecule has 162 valence electrons. The number of hydrogen-bond acceptors (Lipinski definition) is 6. The van der Waals surface area contributed by atoms with Crippen molar-refractivity contribution in [1.29, 1.82) is 0 Å². The van der Waals surface area contributed by atoms with Gasteiger partial charge in [-0.3, -0.25) is 14.5 Å². The van der Waals surface area contributed by atoms with Gasteiger partial charge in [-0.25, -0.2) is 4.98 Å². The number of carbonyl (C=O) groups is 2. The van der Waals surface area contributed by atoms with Crippen LogP contribution in [0.2, 0.25) is 0 Å². The molecule has 29 heavy (non-hydrogen) atoms. The zero-order valence-electron chi connectivity index (χ0n) is 18.2. The number of morpholine rings is 1. The lowest BCUT2D eigenvalue weighted by Gasteiger charge is -2.35. The van der Waals surface area contributed by atoms with Crippen LogP contribution in [0.5, 0.6) is 0 Å². The van der Waals surface area contributed by atoms with Gasteiger partial charge >= 0.3 is 0 Å². The molecule has 3 atom stereocenters. The quantitative estimate of drug-likeness (QED) is 0.807. The van der Waals surface area contributed by atoms with Gasteiger partial charge in [0.25, 0.3) is 0 Å². The molecule has 8 heteroatoms. The SMILES string of the molecule is CC1CN(Cc2csc(NC(=O)C3CCCN(C(=O)C(C)(C)C)C3)n2)CC(C)O1. The number of piperidine rings is 1. The summed E-state index contributed by atoms with van der Waals surface area (Å²) in [6.07, 6.45) is 2.11. The maximum absolute atomic E-state index is 12.8. The van der Waals surface area contributed by atoms with E-state index in [-0.39, 0.29) is 29.9 Å². The van der Waals surface area contributed by atoms with Crippen LogP contribution in [-0.2, 0) is 20.9 Å². The minimum atomic E-state index is -0.420. The third-order valence-electron chi connectivity index (χ3n) is 5.38. The Balaban J connectivity index is 1.54. The number of aromatic nitrogens is 1. The number of hydrogen-bond donors (Lipinski definition) is 1. The van der Waals surface area contributed by atoms with E-state index in [2.05, 4.69) is 29.0 Å². The lowest BCUT2D eigenvalue weighted by atomic mass is 9.91. The Hall–Kier alpha value is -1.51. The van der Waals surface area contributed by atoms with Gasteiger partial charge in [0.05, 0.1) is 23.8 Å². The number of ether oxygens (including phenoxy) is 1. The highest BCUT2D eigenvalue weighted by Gasteiger charge is 2.33. The Bertz CT molecular complexity index is 720. The molecule has 2 aliphatic heterocycles. The van der Waals surface area contributed by atoms with E-state index in [9.17, 15) is 9.59 Å². The highest BCUT2D eigenvalue weighted by atomic mass is 32.1. The summed E-state index contributed by atoms with van der Waals surface area (Å²) in [6.45, 7) is 13.7. The zero-order valence-corrected chi connectivity index (χ0v) is 19.1. The molecule has 2 aliphatic rings. The Kier molecular flexibility index (Phi) is 6.96. The molecule has 0 aromatic carbocycles. The molecular formula is C21H34N4O3S. The minimum absolute atomic E-state index is 0.0362. The van der Waals surface area contributed by atoms with Crippen LogP contribution < -0.4 is 5.32 Å². The maximum Gasteiger partial charge on any atom is 0.231 e. The lowest BCUT2D eigenvalue weighted by molar-refractivity contribution is -0.142. The fraction of sp³-hybridized carbons (Fsp3) is 0.762. The van der Waals surface area contributed by atoms with Crippen molar-refractivity contribution in [1.82, 2.24) is 14.8 Å². The van der Waals surface area contributed by atoms with Crippen LogP contribution in [0.15, 0.2) is 5.38 Å². The highest BCUT2D eigenvalue weighted by Crippen LogP contribution is 2.25. The average molecular weight is 423 g/mol. The summed E-state index contributed by atoms with van der Waals surface area (Å²) < 4.78 is 5.78. The fourth-order valence-electron chi connectivity index (χ4n) is 4.14. The predicted octanol–water partition coefficient (Wildman–Crippen LogP) is 2.98. The molecule has 0 radical (unpaired) electrons. The first kappa shape index (κ1) is 22.2. The molecule has 1 aromatic rings. The molecular weight excluding hydrogens is 388 g/mol. The van der Waals surface area contributed by atoms with E-state index in [0.717, 1.165) is 44.7 Å². The molecule has 7 nitrogen and oxygen atoms in total. The van der Waals surface area contributed by atoms with Crippen LogP contribution in [0.1, 0.15) is 53.2 Å². The van der Waals surface area contributed by atoms with Crippen molar-refractivity contribution < 1.29 is 14.3 Å². The molecule has 2 amide bonds. The van der Waals surface area contributed by atoms with Crippen LogP contribution in [0.25, 0.3) is 0 Å². The van der Waals surface area contributed by atoms with Gasteiger partial charge in [0.15, 0.2) is 5.13 Å². The summed E-state index contributed by atoms with van der Waals surface area (Å²) in [4.78, 5) is 34.1. The summed E-state index contributed by atoms with van der Waals surface area (Å²) in [5.41, 5.74) is 0.552. The summed E-state index contributed by atoms with van der Waals surface area (Å²) in [6, 6.07) is 0. The van der Waals surface area contributed by atoms with Gasteiger partial charge in [-0.05, 0) is 26.7 Å². The molecule has 1 aromatic heterocycles. The van der Waals surface area contributed by atoms with Crippen molar-refractivity contribution in [2.24, 2.45) is 11.3 Å². The van der Waals surface area contributed by atoms with Crippen molar-refractivity contribution in [2.45, 2.75) is 66.2 Å². The third-order valence-corrected chi connectivity index (χ3v) is 6.19. The van der Waals surface area contributed by atoms with Gasteiger partial charge in [0, 0.05) is 43.5 Å². The molecule has 0 spiro atoms. The Morgan fingerprint density at radius 2 is 1.93 bits per heavy atom. The Labute approximate surface area is 177 Å². The number of rotatable bonds is 4. The van der Waals surface area contributed by atoms with Crippen LogP contribution >= 0.6 is 11.3 Å². The van der Waals surface area contributed by atoms with Gasteiger partial charge in [0.2, 0.25) is 11.8 Å². The second-order valence-corrected chi connectivity index (χ2v) is 10.3. The normalized spacial score (nSPS) is 26.4. The van der Waals surface area contributed by atoms with Crippen molar-refractivity contribution in [2.75, 3.05) is 31.5 Å². The van der Waals surface area contributed by atoms with E-state index in [0.29, 0.717) is 11.7 Å². The van der Waals surface area contributed by atoms with Gasteiger partial charge in [0.1, 0.15) is 0 Å². The van der Waals surface area contributed by atoms with Gasteiger partial charge in [-0.1, -0.05) is 20.8 Å². The van der Waals surface area contributed by atoms with Crippen molar-refractivity contribution in [3.63, 3.8) is 0 Å². The third kappa shape index (κ3) is 5.99. The molecule has 0 saturated carbocycles. The number of amides is 2. The second kappa shape index (κ2) is 9.10. The maximum atomic E-state index is 12.8. The first-order valence-electron chi connectivity index (χ1n) is 10.5. The van der Waals surface area contributed by atoms with E-state index in [4.69, 9.17) is 4.74 Å². The molecule has 1 N–H and O–H groups in total. The molecule has 3 rings (SSSR count). The van der Waals surface area contributed by atoms with Crippen molar-refractivity contribution >= 4 is 28.3 Å². The van der Waals surface area contributed by atoms with E-state index < -0.39 is 5.41 Å². The summed E-state index contributed by atoms with van der Waals surface area (Å²) in [5, 5.41) is 5.62. The van der Waals surface area contributed by atoms with Gasteiger partial charge in [-0.2, -0.15) is 0 Å². The average Bonchev–Trinajstić information content (AvgIpc) is 3.06. The molecule has 0 aliphatic carbocycles. The summed E-state index contributed by atoms with van der Waals surface area (Å²) in [7, 11) is 0. The van der Waals surface area contributed by atoms with E-state index in [1.807, 2.05) is 31.1 Å². The molecule has 2 fully saturated rings. The van der Waals surface area contributed by atoms with Crippen LogP contribution in [0.3, 0.4) is 0 Å². The smallest absolute Gasteiger partial charge is 0.231 e. The molecule has 0 bridgehead atoms. The van der Waals surface area contributed by atoms with Gasteiger partial charge < -0.3 is 15.0 Å².